The number of nitrogens with zero attached hydrogens (tertiary/aromatic N) is 2. The number of nitrogen functional groups attached to an aromatic ring is 1. The Kier molecular flexibility index (Phi) is 3.23. The summed E-state index contributed by atoms with van der Waals surface area (Å²) >= 11 is 1.39. The molecule has 17 heavy (non-hydrogen) atoms. The van der Waals surface area contributed by atoms with Gasteiger partial charge in [0, 0.05) is 19.8 Å². The average molecular weight is 250 g/mol. The third kappa shape index (κ3) is 2.71. The minimum absolute atomic E-state index is 0.0648. The van der Waals surface area contributed by atoms with Gasteiger partial charge in [-0.1, -0.05) is 11.8 Å². The van der Waals surface area contributed by atoms with E-state index in [4.69, 9.17) is 5.73 Å². The molecular formula is C11H14N4OS. The van der Waals surface area contributed by atoms with Gasteiger partial charge in [0.25, 0.3) is 0 Å². The van der Waals surface area contributed by atoms with Crippen molar-refractivity contribution in [3.05, 3.63) is 18.2 Å². The number of thioether (sulfide) groups is 1. The molecule has 0 fully saturated rings. The van der Waals surface area contributed by atoms with Gasteiger partial charge in [-0.3, -0.25) is 4.79 Å². The number of nitrogens with one attached hydrogen (secondary N) is 1. The number of aromatic nitrogens is 2. The minimum Gasteiger partial charge on any atom is -0.399 e. The van der Waals surface area contributed by atoms with Crippen LogP contribution in [0.15, 0.2) is 23.4 Å². The Morgan fingerprint density at radius 1 is 1.53 bits per heavy atom. The number of nitrogens with two attached hydrogens (primary N) is 1. The first-order valence-electron chi connectivity index (χ1n) is 5.14. The van der Waals surface area contributed by atoms with E-state index >= 15 is 0 Å². The number of aromatic amines is 1. The van der Waals surface area contributed by atoms with Crippen LogP contribution in [0.1, 0.15) is 0 Å². The molecule has 0 aliphatic rings. The van der Waals surface area contributed by atoms with Crippen LogP contribution in [0.5, 0.6) is 0 Å². The normalized spacial score (nSPS) is 10.7. The predicted molar refractivity (Wildman–Crippen MR) is 69.9 cm³/mol. The molecule has 0 atom stereocenters. The van der Waals surface area contributed by atoms with E-state index in [1.165, 1.54) is 11.8 Å². The summed E-state index contributed by atoms with van der Waals surface area (Å²) in [5.74, 6) is 0.442. The van der Waals surface area contributed by atoms with Crippen molar-refractivity contribution in [1.82, 2.24) is 14.9 Å². The molecule has 0 saturated heterocycles. The van der Waals surface area contributed by atoms with E-state index in [2.05, 4.69) is 9.97 Å². The standard InChI is InChI=1S/C11H14N4OS/c1-15(2)10(16)6-17-11-13-8-4-3-7(12)5-9(8)14-11/h3-5H,6,12H2,1-2H3,(H,13,14). The second-order valence-corrected chi connectivity index (χ2v) is 4.86. The second kappa shape index (κ2) is 4.67. The number of imidazole rings is 1. The third-order valence-electron chi connectivity index (χ3n) is 2.32. The average Bonchev–Trinajstić information content (AvgIpc) is 2.67. The zero-order chi connectivity index (χ0) is 12.4. The Balaban J connectivity index is 2.12. The smallest absolute Gasteiger partial charge is 0.232 e. The summed E-state index contributed by atoms with van der Waals surface area (Å²) < 4.78 is 0. The van der Waals surface area contributed by atoms with Crippen molar-refractivity contribution in [1.29, 1.82) is 0 Å². The Labute approximate surface area is 103 Å². The highest BCUT2D eigenvalue weighted by Crippen LogP contribution is 2.21. The lowest BCUT2D eigenvalue weighted by atomic mass is 10.3. The summed E-state index contributed by atoms with van der Waals surface area (Å²) in [6.45, 7) is 0. The van der Waals surface area contributed by atoms with E-state index in [1.807, 2.05) is 18.2 Å². The molecule has 90 valence electrons. The molecule has 0 spiro atoms. The van der Waals surface area contributed by atoms with E-state index in [1.54, 1.807) is 19.0 Å². The first-order chi connectivity index (χ1) is 8.06. The van der Waals surface area contributed by atoms with Crippen molar-refractivity contribution < 1.29 is 4.79 Å². The molecule has 3 N–H and O–H groups in total. The number of amides is 1. The molecule has 1 aromatic carbocycles. The molecule has 0 saturated carbocycles. The van der Waals surface area contributed by atoms with Crippen molar-refractivity contribution in [2.75, 3.05) is 25.6 Å². The summed E-state index contributed by atoms with van der Waals surface area (Å²) in [5, 5.41) is 0.737. The lowest BCUT2D eigenvalue weighted by Gasteiger charge is -2.08. The lowest BCUT2D eigenvalue weighted by molar-refractivity contribution is -0.125. The quantitative estimate of drug-likeness (QED) is 0.636. The number of H-pyrrole nitrogens is 1. The molecule has 2 rings (SSSR count). The largest absolute Gasteiger partial charge is 0.399 e. The van der Waals surface area contributed by atoms with Gasteiger partial charge in [0.1, 0.15) is 0 Å². The fourth-order valence-electron chi connectivity index (χ4n) is 1.33. The van der Waals surface area contributed by atoms with Crippen LogP contribution in [0.25, 0.3) is 11.0 Å². The number of anilines is 1. The molecule has 1 aromatic heterocycles. The Morgan fingerprint density at radius 2 is 2.29 bits per heavy atom. The van der Waals surface area contributed by atoms with Crippen LogP contribution in [0.2, 0.25) is 0 Å². The predicted octanol–water partition coefficient (Wildman–Crippen LogP) is 1.33. The summed E-state index contributed by atoms with van der Waals surface area (Å²) in [4.78, 5) is 20.5. The third-order valence-corrected chi connectivity index (χ3v) is 3.17. The molecule has 1 amide bonds. The van der Waals surface area contributed by atoms with E-state index in [0.29, 0.717) is 11.4 Å². The number of carbonyl (C=O) groups is 1. The Morgan fingerprint density at radius 3 is 3.00 bits per heavy atom. The molecule has 0 bridgehead atoms. The van der Waals surface area contributed by atoms with Crippen molar-refractivity contribution in [3.63, 3.8) is 0 Å². The van der Waals surface area contributed by atoms with Gasteiger partial charge >= 0.3 is 0 Å². The molecular weight excluding hydrogens is 236 g/mol. The summed E-state index contributed by atoms with van der Waals surface area (Å²) in [6, 6.07) is 5.50. The number of carbonyl (C=O) groups excluding carboxylic acids is 1. The van der Waals surface area contributed by atoms with Gasteiger partial charge in [-0.25, -0.2) is 4.98 Å². The van der Waals surface area contributed by atoms with Crippen LogP contribution in [0, 0.1) is 0 Å². The van der Waals surface area contributed by atoms with Crippen LogP contribution in [-0.2, 0) is 4.79 Å². The zero-order valence-electron chi connectivity index (χ0n) is 9.73. The number of hydrogen-bond acceptors (Lipinski definition) is 4. The van der Waals surface area contributed by atoms with Crippen LogP contribution in [0.4, 0.5) is 5.69 Å². The zero-order valence-corrected chi connectivity index (χ0v) is 10.5. The van der Waals surface area contributed by atoms with Gasteiger partial charge in [-0.2, -0.15) is 0 Å². The first kappa shape index (κ1) is 11.8. The highest BCUT2D eigenvalue weighted by Gasteiger charge is 2.08. The van der Waals surface area contributed by atoms with E-state index in [0.717, 1.165) is 16.2 Å². The Bertz CT molecular complexity index is 549. The van der Waals surface area contributed by atoms with Gasteiger partial charge in [-0.05, 0) is 18.2 Å². The maximum Gasteiger partial charge on any atom is 0.232 e. The van der Waals surface area contributed by atoms with E-state index in [9.17, 15) is 4.79 Å². The van der Waals surface area contributed by atoms with Crippen LogP contribution in [-0.4, -0.2) is 40.6 Å². The SMILES string of the molecule is CN(C)C(=O)CSc1nc2ccc(N)cc2[nH]1. The monoisotopic (exact) mass is 250 g/mol. The fourth-order valence-corrected chi connectivity index (χ4v) is 2.19. The van der Waals surface area contributed by atoms with Crippen LogP contribution >= 0.6 is 11.8 Å². The van der Waals surface area contributed by atoms with Gasteiger partial charge in [-0.15, -0.1) is 0 Å². The van der Waals surface area contributed by atoms with Crippen molar-refractivity contribution in [2.24, 2.45) is 0 Å². The van der Waals surface area contributed by atoms with Gasteiger partial charge in [0.15, 0.2) is 5.16 Å². The van der Waals surface area contributed by atoms with Crippen molar-refractivity contribution in [3.8, 4) is 0 Å². The topological polar surface area (TPSA) is 75.0 Å². The second-order valence-electron chi connectivity index (χ2n) is 3.90. The molecule has 0 aliphatic heterocycles. The number of fused-ring (bicyclic) bond motifs is 1. The minimum atomic E-state index is 0.0648. The maximum atomic E-state index is 11.4. The lowest BCUT2D eigenvalue weighted by Crippen LogP contribution is -2.23. The first-order valence-corrected chi connectivity index (χ1v) is 6.13. The molecule has 6 heteroatoms. The molecule has 0 aliphatic carbocycles. The van der Waals surface area contributed by atoms with Gasteiger partial charge in [0.05, 0.1) is 16.8 Å². The van der Waals surface area contributed by atoms with Crippen molar-refractivity contribution >= 4 is 34.4 Å². The molecule has 5 nitrogen and oxygen atoms in total. The molecule has 0 radical (unpaired) electrons. The summed E-state index contributed by atoms with van der Waals surface area (Å²) in [5.41, 5.74) is 8.13. The molecule has 0 unspecified atom stereocenters. The van der Waals surface area contributed by atoms with Gasteiger partial charge < -0.3 is 15.6 Å². The highest BCUT2D eigenvalue weighted by atomic mass is 32.2. The van der Waals surface area contributed by atoms with E-state index in [-0.39, 0.29) is 5.91 Å². The maximum absolute atomic E-state index is 11.4. The molecule has 1 heterocycles. The number of benzene rings is 1. The van der Waals surface area contributed by atoms with Gasteiger partial charge in [0.2, 0.25) is 5.91 Å². The number of rotatable bonds is 3. The van der Waals surface area contributed by atoms with E-state index < -0.39 is 0 Å². The molecule has 2 aromatic rings. The summed E-state index contributed by atoms with van der Waals surface area (Å²) in [6.07, 6.45) is 0. The van der Waals surface area contributed by atoms with Crippen molar-refractivity contribution in [2.45, 2.75) is 5.16 Å². The van der Waals surface area contributed by atoms with Crippen LogP contribution < -0.4 is 5.73 Å². The fraction of sp³-hybridized carbons (Fsp3) is 0.273. The Hall–Kier alpha value is -1.69. The summed E-state index contributed by atoms with van der Waals surface area (Å²) in [7, 11) is 3.48. The van der Waals surface area contributed by atoms with Crippen LogP contribution in [0.3, 0.4) is 0 Å². The number of hydrogen-bond donors (Lipinski definition) is 2. The highest BCUT2D eigenvalue weighted by molar-refractivity contribution is 7.99.